The molecular formula is C12H15FN2O. The number of benzene rings is 1. The van der Waals surface area contributed by atoms with Crippen LogP contribution < -0.4 is 4.90 Å². The Kier molecular flexibility index (Phi) is 4.74. The van der Waals surface area contributed by atoms with E-state index in [0.717, 1.165) is 0 Å². The molecule has 16 heavy (non-hydrogen) atoms. The zero-order chi connectivity index (χ0) is 12.0. The first kappa shape index (κ1) is 12.5. The van der Waals surface area contributed by atoms with Crippen molar-refractivity contribution in [3.8, 4) is 6.07 Å². The van der Waals surface area contributed by atoms with E-state index in [1.54, 1.807) is 12.1 Å². The van der Waals surface area contributed by atoms with Gasteiger partial charge >= 0.3 is 0 Å². The van der Waals surface area contributed by atoms with E-state index in [2.05, 4.69) is 6.07 Å². The Morgan fingerprint density at radius 2 is 2.25 bits per heavy atom. The first-order chi connectivity index (χ1) is 7.74. The Hall–Kier alpha value is -1.60. The highest BCUT2D eigenvalue weighted by molar-refractivity contribution is 5.54. The van der Waals surface area contributed by atoms with Gasteiger partial charge in [0.1, 0.15) is 5.82 Å². The Morgan fingerprint density at radius 1 is 1.50 bits per heavy atom. The maximum atomic E-state index is 13.4. The number of aliphatic hydroxyl groups is 1. The van der Waals surface area contributed by atoms with Gasteiger partial charge in [-0.15, -0.1) is 0 Å². The second-order valence-electron chi connectivity index (χ2n) is 3.38. The number of hydrogen-bond acceptors (Lipinski definition) is 3. The summed E-state index contributed by atoms with van der Waals surface area (Å²) in [5.74, 6) is -0.407. The molecule has 1 aromatic carbocycles. The molecule has 0 bridgehead atoms. The molecule has 0 fully saturated rings. The summed E-state index contributed by atoms with van der Waals surface area (Å²) >= 11 is 0. The zero-order valence-corrected chi connectivity index (χ0v) is 9.28. The lowest BCUT2D eigenvalue weighted by atomic mass is 10.1. The van der Waals surface area contributed by atoms with Gasteiger partial charge in [0.05, 0.1) is 19.1 Å². The summed E-state index contributed by atoms with van der Waals surface area (Å²) in [6.45, 7) is 2.83. The van der Waals surface area contributed by atoms with Crippen LogP contribution in [0.3, 0.4) is 0 Å². The molecule has 0 aliphatic heterocycles. The van der Waals surface area contributed by atoms with Crippen LogP contribution in [-0.4, -0.2) is 18.2 Å². The summed E-state index contributed by atoms with van der Waals surface area (Å²) in [5, 5.41) is 17.7. The summed E-state index contributed by atoms with van der Waals surface area (Å²) in [5.41, 5.74) is 0.961. The molecule has 0 saturated carbocycles. The van der Waals surface area contributed by atoms with E-state index in [0.29, 0.717) is 30.8 Å². The van der Waals surface area contributed by atoms with Crippen molar-refractivity contribution in [1.29, 1.82) is 5.26 Å². The number of nitrogens with zero attached hydrogens (tertiary/aromatic N) is 2. The molecule has 86 valence electrons. The van der Waals surface area contributed by atoms with Gasteiger partial charge in [-0.05, 0) is 19.1 Å². The number of anilines is 1. The molecule has 0 amide bonds. The highest BCUT2D eigenvalue weighted by Gasteiger charge is 2.12. The van der Waals surface area contributed by atoms with Crippen molar-refractivity contribution in [1.82, 2.24) is 0 Å². The summed E-state index contributed by atoms with van der Waals surface area (Å²) in [6, 6.07) is 6.75. The minimum absolute atomic E-state index is 0.294. The summed E-state index contributed by atoms with van der Waals surface area (Å²) < 4.78 is 13.4. The molecule has 0 atom stereocenters. The molecule has 1 aromatic rings. The Morgan fingerprint density at radius 3 is 2.81 bits per heavy atom. The van der Waals surface area contributed by atoms with Crippen molar-refractivity contribution >= 4 is 5.69 Å². The van der Waals surface area contributed by atoms with Crippen LogP contribution in [0, 0.1) is 17.1 Å². The van der Waals surface area contributed by atoms with Gasteiger partial charge in [0.15, 0.2) is 0 Å². The van der Waals surface area contributed by atoms with Crippen molar-refractivity contribution in [3.63, 3.8) is 0 Å². The van der Waals surface area contributed by atoms with Gasteiger partial charge in [0.2, 0.25) is 0 Å². The highest BCUT2D eigenvalue weighted by Crippen LogP contribution is 2.23. The third-order valence-electron chi connectivity index (χ3n) is 2.47. The van der Waals surface area contributed by atoms with Gasteiger partial charge in [-0.2, -0.15) is 5.26 Å². The molecule has 0 saturated heterocycles. The fraction of sp³-hybridized carbons (Fsp3) is 0.417. The van der Waals surface area contributed by atoms with E-state index in [9.17, 15) is 4.39 Å². The molecule has 0 spiro atoms. The number of aliphatic hydroxyl groups excluding tert-OH is 1. The SMILES string of the molecule is CCN(CCC#N)c1cccc(F)c1CO. The van der Waals surface area contributed by atoms with Gasteiger partial charge in [0, 0.05) is 24.3 Å². The van der Waals surface area contributed by atoms with Crippen LogP contribution in [0.4, 0.5) is 10.1 Å². The molecule has 3 nitrogen and oxygen atoms in total. The van der Waals surface area contributed by atoms with E-state index < -0.39 is 5.82 Å². The number of rotatable bonds is 5. The lowest BCUT2D eigenvalue weighted by Crippen LogP contribution is -2.25. The van der Waals surface area contributed by atoms with Crippen LogP contribution in [0.5, 0.6) is 0 Å². The van der Waals surface area contributed by atoms with E-state index in [4.69, 9.17) is 10.4 Å². The van der Waals surface area contributed by atoms with Crippen LogP contribution in [0.15, 0.2) is 18.2 Å². The molecule has 0 aromatic heterocycles. The quantitative estimate of drug-likeness (QED) is 0.829. The average Bonchev–Trinajstić information content (AvgIpc) is 2.30. The summed E-state index contributed by atoms with van der Waals surface area (Å²) in [6.07, 6.45) is 0.384. The minimum atomic E-state index is -0.407. The average molecular weight is 222 g/mol. The Bertz CT molecular complexity index is 387. The lowest BCUT2D eigenvalue weighted by molar-refractivity contribution is 0.276. The fourth-order valence-corrected chi connectivity index (χ4v) is 1.63. The molecule has 0 aliphatic rings. The molecule has 0 radical (unpaired) electrons. The number of halogens is 1. The maximum Gasteiger partial charge on any atom is 0.130 e. The van der Waals surface area contributed by atoms with Crippen LogP contribution in [-0.2, 0) is 6.61 Å². The van der Waals surface area contributed by atoms with Crippen LogP contribution in [0.25, 0.3) is 0 Å². The fourth-order valence-electron chi connectivity index (χ4n) is 1.63. The van der Waals surface area contributed by atoms with Crippen molar-refractivity contribution in [3.05, 3.63) is 29.6 Å². The smallest absolute Gasteiger partial charge is 0.130 e. The Balaban J connectivity index is 3.00. The standard InChI is InChI=1S/C12H15FN2O/c1-2-15(8-4-7-14)12-6-3-5-11(13)10(12)9-16/h3,5-6,16H,2,4,8-9H2,1H3. The largest absolute Gasteiger partial charge is 0.391 e. The van der Waals surface area contributed by atoms with Crippen LogP contribution in [0.2, 0.25) is 0 Å². The van der Waals surface area contributed by atoms with Crippen molar-refractivity contribution < 1.29 is 9.50 Å². The second kappa shape index (κ2) is 6.09. The van der Waals surface area contributed by atoms with Gasteiger partial charge in [0.25, 0.3) is 0 Å². The monoisotopic (exact) mass is 222 g/mol. The predicted octanol–water partition coefficient (Wildman–Crippen LogP) is 2.06. The molecule has 0 heterocycles. The zero-order valence-electron chi connectivity index (χ0n) is 9.28. The highest BCUT2D eigenvalue weighted by atomic mass is 19.1. The molecular weight excluding hydrogens is 207 g/mol. The number of hydrogen-bond donors (Lipinski definition) is 1. The summed E-state index contributed by atoms with van der Waals surface area (Å²) in [7, 11) is 0. The first-order valence-corrected chi connectivity index (χ1v) is 5.24. The van der Waals surface area contributed by atoms with E-state index >= 15 is 0 Å². The van der Waals surface area contributed by atoms with Gasteiger partial charge in [-0.1, -0.05) is 6.07 Å². The van der Waals surface area contributed by atoms with Crippen molar-refractivity contribution in [2.45, 2.75) is 20.0 Å². The normalized spacial score (nSPS) is 9.88. The van der Waals surface area contributed by atoms with Gasteiger partial charge in [-0.3, -0.25) is 0 Å². The molecule has 4 heteroatoms. The third kappa shape index (κ3) is 2.71. The maximum absolute atomic E-state index is 13.4. The first-order valence-electron chi connectivity index (χ1n) is 5.24. The third-order valence-corrected chi connectivity index (χ3v) is 2.47. The molecule has 1 N–H and O–H groups in total. The number of nitriles is 1. The molecule has 0 unspecified atom stereocenters. The van der Waals surface area contributed by atoms with Crippen LogP contribution in [0.1, 0.15) is 18.9 Å². The topological polar surface area (TPSA) is 47.3 Å². The summed E-state index contributed by atoms with van der Waals surface area (Å²) in [4.78, 5) is 1.89. The van der Waals surface area contributed by atoms with Gasteiger partial charge < -0.3 is 10.0 Å². The van der Waals surface area contributed by atoms with Crippen molar-refractivity contribution in [2.75, 3.05) is 18.0 Å². The van der Waals surface area contributed by atoms with Crippen molar-refractivity contribution in [2.24, 2.45) is 0 Å². The van der Waals surface area contributed by atoms with Gasteiger partial charge in [-0.25, -0.2) is 4.39 Å². The van der Waals surface area contributed by atoms with E-state index in [-0.39, 0.29) is 6.61 Å². The Labute approximate surface area is 94.7 Å². The lowest BCUT2D eigenvalue weighted by Gasteiger charge is -2.24. The molecule has 1 rings (SSSR count). The second-order valence-corrected chi connectivity index (χ2v) is 3.38. The molecule has 0 aliphatic carbocycles. The van der Waals surface area contributed by atoms with E-state index in [1.165, 1.54) is 6.07 Å². The minimum Gasteiger partial charge on any atom is -0.391 e. The van der Waals surface area contributed by atoms with Crippen LogP contribution >= 0.6 is 0 Å². The van der Waals surface area contributed by atoms with E-state index in [1.807, 2.05) is 11.8 Å². The predicted molar refractivity (Wildman–Crippen MR) is 60.4 cm³/mol.